The second-order valence-corrected chi connectivity index (χ2v) is 8.68. The number of nitrogens with zero attached hydrogens (tertiary/aromatic N) is 3. The summed E-state index contributed by atoms with van der Waals surface area (Å²) >= 11 is 13.7. The van der Waals surface area contributed by atoms with E-state index in [9.17, 15) is 4.79 Å². The van der Waals surface area contributed by atoms with Crippen LogP contribution in [0.2, 0.25) is 10.0 Å². The van der Waals surface area contributed by atoms with Gasteiger partial charge in [0.25, 0.3) is 5.91 Å². The van der Waals surface area contributed by atoms with Crippen LogP contribution < -0.4 is 9.64 Å². The van der Waals surface area contributed by atoms with Gasteiger partial charge in [0.2, 0.25) is 0 Å². The number of halogens is 2. The Morgan fingerprint density at radius 2 is 1.93 bits per heavy atom. The van der Waals surface area contributed by atoms with Crippen LogP contribution in [0.3, 0.4) is 0 Å². The third-order valence-electron chi connectivity index (χ3n) is 4.81. The topological polar surface area (TPSA) is 54.9 Å². The van der Waals surface area contributed by atoms with Gasteiger partial charge in [-0.1, -0.05) is 40.6 Å². The van der Waals surface area contributed by atoms with Crippen LogP contribution in [0.1, 0.15) is 0 Å². The summed E-state index contributed by atoms with van der Waals surface area (Å²) in [6.45, 7) is 4.30. The standard InChI is InChI=1S/C21H21Cl2N3O3S/c22-15-4-6-16(7-5-15)29-14-19(27)26(9-8-25-10-12-28-13-11-25)21-24-20-17(23)2-1-3-18(20)30-21/h1-7H,8-14H2. The minimum atomic E-state index is -0.159. The van der Waals surface area contributed by atoms with Crippen molar-refractivity contribution < 1.29 is 14.3 Å². The molecular weight excluding hydrogens is 445 g/mol. The van der Waals surface area contributed by atoms with Crippen molar-refractivity contribution in [2.75, 3.05) is 50.9 Å². The number of carbonyl (C=O) groups excluding carboxylic acids is 1. The number of fused-ring (bicyclic) bond motifs is 1. The lowest BCUT2D eigenvalue weighted by Crippen LogP contribution is -2.44. The number of amides is 1. The summed E-state index contributed by atoms with van der Waals surface area (Å²) in [4.78, 5) is 21.7. The molecule has 3 aromatic rings. The van der Waals surface area contributed by atoms with Crippen molar-refractivity contribution in [3.63, 3.8) is 0 Å². The summed E-state index contributed by atoms with van der Waals surface area (Å²) in [5, 5.41) is 1.82. The van der Waals surface area contributed by atoms with Crippen LogP contribution in [0.4, 0.5) is 5.13 Å². The number of para-hydroxylation sites is 1. The zero-order valence-corrected chi connectivity index (χ0v) is 18.6. The van der Waals surface area contributed by atoms with Gasteiger partial charge in [0.05, 0.1) is 22.9 Å². The van der Waals surface area contributed by atoms with E-state index in [1.54, 1.807) is 35.2 Å². The maximum Gasteiger partial charge on any atom is 0.266 e. The number of thiazole rings is 1. The predicted octanol–water partition coefficient (Wildman–Crippen LogP) is 4.35. The fourth-order valence-corrected chi connectivity index (χ4v) is 4.60. The first kappa shape index (κ1) is 21.3. The van der Waals surface area contributed by atoms with Crippen LogP contribution in [0.5, 0.6) is 5.75 Å². The number of aromatic nitrogens is 1. The molecule has 1 saturated heterocycles. The number of rotatable bonds is 7. The van der Waals surface area contributed by atoms with Gasteiger partial charge in [0.15, 0.2) is 11.7 Å². The Morgan fingerprint density at radius 1 is 1.17 bits per heavy atom. The van der Waals surface area contributed by atoms with Gasteiger partial charge in [0, 0.05) is 31.2 Å². The summed E-state index contributed by atoms with van der Waals surface area (Å²) in [5.41, 5.74) is 0.710. The number of hydrogen-bond acceptors (Lipinski definition) is 6. The van der Waals surface area contributed by atoms with Crippen LogP contribution in [0.25, 0.3) is 10.2 Å². The van der Waals surface area contributed by atoms with Gasteiger partial charge in [-0.3, -0.25) is 14.6 Å². The van der Waals surface area contributed by atoms with Crippen molar-refractivity contribution in [1.82, 2.24) is 9.88 Å². The number of carbonyl (C=O) groups is 1. The number of anilines is 1. The number of hydrogen-bond donors (Lipinski definition) is 0. The lowest BCUT2D eigenvalue weighted by molar-refractivity contribution is -0.120. The van der Waals surface area contributed by atoms with Crippen molar-refractivity contribution in [3.8, 4) is 5.75 Å². The number of benzene rings is 2. The summed E-state index contributed by atoms with van der Waals surface area (Å²) < 4.78 is 12.0. The molecule has 1 fully saturated rings. The molecule has 30 heavy (non-hydrogen) atoms. The third-order valence-corrected chi connectivity index (χ3v) is 6.41. The lowest BCUT2D eigenvalue weighted by atomic mass is 10.3. The fourth-order valence-electron chi connectivity index (χ4n) is 3.17. The van der Waals surface area contributed by atoms with Gasteiger partial charge in [-0.25, -0.2) is 4.98 Å². The Bertz CT molecular complexity index is 1010. The summed E-state index contributed by atoms with van der Waals surface area (Å²) in [6.07, 6.45) is 0. The van der Waals surface area contributed by atoms with Crippen LogP contribution in [0.15, 0.2) is 42.5 Å². The smallest absolute Gasteiger partial charge is 0.266 e. The lowest BCUT2D eigenvalue weighted by Gasteiger charge is -2.29. The average Bonchev–Trinajstić information content (AvgIpc) is 3.19. The molecule has 0 N–H and O–H groups in total. The molecule has 1 amide bonds. The van der Waals surface area contributed by atoms with Crippen LogP contribution in [0, 0.1) is 0 Å². The SMILES string of the molecule is O=C(COc1ccc(Cl)cc1)N(CCN1CCOCC1)c1nc2c(Cl)cccc2s1. The Labute approximate surface area is 188 Å². The molecule has 9 heteroatoms. The van der Waals surface area contributed by atoms with Gasteiger partial charge in [-0.2, -0.15) is 0 Å². The van der Waals surface area contributed by atoms with Crippen LogP contribution in [-0.4, -0.2) is 61.8 Å². The van der Waals surface area contributed by atoms with Crippen molar-refractivity contribution in [2.24, 2.45) is 0 Å². The number of morpholine rings is 1. The van der Waals surface area contributed by atoms with Gasteiger partial charge < -0.3 is 9.47 Å². The van der Waals surface area contributed by atoms with Crippen LogP contribution in [-0.2, 0) is 9.53 Å². The second-order valence-electron chi connectivity index (χ2n) is 6.83. The van der Waals surface area contributed by atoms with E-state index in [1.807, 2.05) is 12.1 Å². The first-order valence-corrected chi connectivity index (χ1v) is 11.2. The van der Waals surface area contributed by atoms with E-state index >= 15 is 0 Å². The van der Waals surface area contributed by atoms with E-state index in [0.717, 1.165) is 24.3 Å². The van der Waals surface area contributed by atoms with Crippen molar-refractivity contribution >= 4 is 55.8 Å². The fraction of sp³-hybridized carbons (Fsp3) is 0.333. The minimum absolute atomic E-state index is 0.0889. The normalized spacial score (nSPS) is 14.7. The summed E-state index contributed by atoms with van der Waals surface area (Å²) in [7, 11) is 0. The van der Waals surface area contributed by atoms with E-state index in [-0.39, 0.29) is 12.5 Å². The molecule has 0 radical (unpaired) electrons. The molecule has 0 unspecified atom stereocenters. The first-order chi connectivity index (χ1) is 14.6. The minimum Gasteiger partial charge on any atom is -0.484 e. The molecule has 0 spiro atoms. The molecule has 6 nitrogen and oxygen atoms in total. The molecule has 4 rings (SSSR count). The molecule has 1 aliphatic rings. The Morgan fingerprint density at radius 3 is 2.67 bits per heavy atom. The third kappa shape index (κ3) is 5.22. The van der Waals surface area contributed by atoms with E-state index in [0.29, 0.717) is 46.2 Å². The molecular formula is C21H21Cl2N3O3S. The molecule has 0 bridgehead atoms. The zero-order valence-electron chi connectivity index (χ0n) is 16.2. The summed E-state index contributed by atoms with van der Waals surface area (Å²) in [5.74, 6) is 0.432. The highest BCUT2D eigenvalue weighted by molar-refractivity contribution is 7.22. The van der Waals surface area contributed by atoms with Crippen molar-refractivity contribution in [2.45, 2.75) is 0 Å². The van der Waals surface area contributed by atoms with E-state index < -0.39 is 0 Å². The van der Waals surface area contributed by atoms with Gasteiger partial charge >= 0.3 is 0 Å². The molecule has 1 aromatic heterocycles. The van der Waals surface area contributed by atoms with Gasteiger partial charge in [-0.05, 0) is 36.4 Å². The zero-order chi connectivity index (χ0) is 20.9. The molecule has 2 aromatic carbocycles. The highest BCUT2D eigenvalue weighted by atomic mass is 35.5. The van der Waals surface area contributed by atoms with E-state index in [2.05, 4.69) is 9.88 Å². The maximum atomic E-state index is 13.1. The number of ether oxygens (including phenoxy) is 2. The Balaban J connectivity index is 1.51. The van der Waals surface area contributed by atoms with Crippen molar-refractivity contribution in [3.05, 3.63) is 52.5 Å². The van der Waals surface area contributed by atoms with Crippen LogP contribution >= 0.6 is 34.5 Å². The maximum absolute atomic E-state index is 13.1. The van der Waals surface area contributed by atoms with E-state index in [1.165, 1.54) is 11.3 Å². The van der Waals surface area contributed by atoms with Gasteiger partial charge in [0.1, 0.15) is 11.3 Å². The van der Waals surface area contributed by atoms with Crippen molar-refractivity contribution in [1.29, 1.82) is 0 Å². The van der Waals surface area contributed by atoms with Gasteiger partial charge in [-0.15, -0.1) is 0 Å². The first-order valence-electron chi connectivity index (χ1n) is 9.64. The molecule has 0 atom stereocenters. The highest BCUT2D eigenvalue weighted by Crippen LogP contribution is 2.33. The molecule has 1 aliphatic heterocycles. The van der Waals surface area contributed by atoms with E-state index in [4.69, 9.17) is 32.7 Å². The quantitative estimate of drug-likeness (QED) is 0.519. The molecule has 0 aliphatic carbocycles. The average molecular weight is 466 g/mol. The highest BCUT2D eigenvalue weighted by Gasteiger charge is 2.22. The summed E-state index contributed by atoms with van der Waals surface area (Å²) in [6, 6.07) is 12.6. The Kier molecular flexibility index (Phi) is 7.07. The molecule has 0 saturated carbocycles. The molecule has 2 heterocycles. The molecule has 158 valence electrons. The Hall–Kier alpha value is -1.90. The largest absolute Gasteiger partial charge is 0.484 e. The predicted molar refractivity (Wildman–Crippen MR) is 121 cm³/mol. The monoisotopic (exact) mass is 465 g/mol. The second kappa shape index (κ2) is 9.94.